The summed E-state index contributed by atoms with van der Waals surface area (Å²) in [5, 5.41) is 3.00. The van der Waals surface area contributed by atoms with E-state index in [0.29, 0.717) is 12.1 Å². The van der Waals surface area contributed by atoms with Crippen LogP contribution in [0.15, 0.2) is 0 Å². The number of amides is 1. The molecular formula is C9H14N2O2. The van der Waals surface area contributed by atoms with Gasteiger partial charge in [0, 0.05) is 20.0 Å². The first kappa shape index (κ1) is 7.76. The number of carbonyl (C=O) groups excluding carboxylic acids is 1. The molecular weight excluding hydrogens is 168 g/mol. The Bertz CT molecular complexity index is 242. The summed E-state index contributed by atoms with van der Waals surface area (Å²) >= 11 is 0. The Kier molecular flexibility index (Phi) is 1.46. The molecule has 0 aromatic rings. The average Bonchev–Trinajstić information content (AvgIpc) is 2.60. The van der Waals surface area contributed by atoms with E-state index in [2.05, 4.69) is 10.2 Å². The summed E-state index contributed by atoms with van der Waals surface area (Å²) in [5.74, 6) is 0.0630. The van der Waals surface area contributed by atoms with E-state index in [1.54, 1.807) is 6.92 Å². The minimum Gasteiger partial charge on any atom is -0.370 e. The molecule has 0 aliphatic carbocycles. The van der Waals surface area contributed by atoms with Gasteiger partial charge in [0.25, 0.3) is 0 Å². The van der Waals surface area contributed by atoms with Crippen molar-refractivity contribution in [3.8, 4) is 0 Å². The predicted octanol–water partition coefficient (Wildman–Crippen LogP) is -0.654. The third kappa shape index (κ3) is 0.957. The molecule has 3 aliphatic heterocycles. The fraction of sp³-hybridized carbons (Fsp3) is 0.889. The molecule has 3 fully saturated rings. The highest BCUT2D eigenvalue weighted by Gasteiger charge is 2.57. The van der Waals surface area contributed by atoms with Crippen molar-refractivity contribution < 1.29 is 9.53 Å². The number of fused-ring (bicyclic) bond motifs is 1. The number of hydrogen-bond acceptors (Lipinski definition) is 3. The van der Waals surface area contributed by atoms with Crippen LogP contribution in [-0.2, 0) is 9.53 Å². The Balaban J connectivity index is 1.81. The highest BCUT2D eigenvalue weighted by molar-refractivity contribution is 5.73. The van der Waals surface area contributed by atoms with E-state index in [9.17, 15) is 4.79 Å². The van der Waals surface area contributed by atoms with Gasteiger partial charge in [0.1, 0.15) is 0 Å². The minimum atomic E-state index is 0.0630. The molecule has 2 unspecified atom stereocenters. The Morgan fingerprint density at radius 1 is 1.54 bits per heavy atom. The van der Waals surface area contributed by atoms with Crippen molar-refractivity contribution >= 4 is 5.91 Å². The van der Waals surface area contributed by atoms with E-state index in [0.717, 1.165) is 19.5 Å². The van der Waals surface area contributed by atoms with Gasteiger partial charge in [-0.15, -0.1) is 0 Å². The topological polar surface area (TPSA) is 41.6 Å². The summed E-state index contributed by atoms with van der Waals surface area (Å²) in [5.41, 5.74) is 0. The average molecular weight is 182 g/mol. The van der Waals surface area contributed by atoms with Gasteiger partial charge in [-0.05, 0) is 6.42 Å². The zero-order valence-electron chi connectivity index (χ0n) is 7.69. The molecule has 4 nitrogen and oxygen atoms in total. The molecule has 3 aliphatic rings. The van der Waals surface area contributed by atoms with Gasteiger partial charge in [-0.1, -0.05) is 0 Å². The van der Waals surface area contributed by atoms with Crippen LogP contribution in [0.5, 0.6) is 0 Å². The van der Waals surface area contributed by atoms with E-state index in [1.165, 1.54) is 0 Å². The first-order valence-corrected chi connectivity index (χ1v) is 4.92. The van der Waals surface area contributed by atoms with Crippen molar-refractivity contribution in [1.82, 2.24) is 10.2 Å². The number of carbonyl (C=O) groups is 1. The number of rotatable bonds is 1. The lowest BCUT2D eigenvalue weighted by atomic mass is 10.1. The van der Waals surface area contributed by atoms with E-state index in [1.807, 2.05) is 0 Å². The van der Waals surface area contributed by atoms with Gasteiger partial charge >= 0.3 is 0 Å². The third-order valence-corrected chi connectivity index (χ3v) is 3.41. The summed E-state index contributed by atoms with van der Waals surface area (Å²) in [4.78, 5) is 13.4. The molecule has 3 rings (SSSR count). The summed E-state index contributed by atoms with van der Waals surface area (Å²) in [7, 11) is 0. The van der Waals surface area contributed by atoms with Crippen molar-refractivity contribution in [2.45, 2.75) is 37.6 Å². The van der Waals surface area contributed by atoms with Crippen molar-refractivity contribution in [1.29, 1.82) is 0 Å². The molecule has 4 atom stereocenters. The molecule has 72 valence electrons. The summed E-state index contributed by atoms with van der Waals surface area (Å²) in [6.07, 6.45) is 1.77. The molecule has 13 heavy (non-hydrogen) atoms. The number of morpholine rings is 1. The van der Waals surface area contributed by atoms with Crippen molar-refractivity contribution in [2.75, 3.05) is 13.1 Å². The minimum absolute atomic E-state index is 0.0630. The largest absolute Gasteiger partial charge is 0.370 e. The van der Waals surface area contributed by atoms with E-state index in [-0.39, 0.29) is 18.1 Å². The van der Waals surface area contributed by atoms with Crippen LogP contribution in [0.3, 0.4) is 0 Å². The highest BCUT2D eigenvalue weighted by Crippen LogP contribution is 2.39. The fourth-order valence-corrected chi connectivity index (χ4v) is 3.00. The number of hydrogen-bond donors (Lipinski definition) is 1. The van der Waals surface area contributed by atoms with Gasteiger partial charge in [-0.2, -0.15) is 0 Å². The molecule has 0 radical (unpaired) electrons. The Hall–Kier alpha value is -0.610. The molecule has 3 saturated heterocycles. The lowest BCUT2D eigenvalue weighted by molar-refractivity contribution is -0.119. The monoisotopic (exact) mass is 182 g/mol. The molecule has 0 aromatic carbocycles. The van der Waals surface area contributed by atoms with Crippen LogP contribution in [0, 0.1) is 0 Å². The molecule has 4 heteroatoms. The van der Waals surface area contributed by atoms with E-state index >= 15 is 0 Å². The van der Waals surface area contributed by atoms with Gasteiger partial charge in [-0.25, -0.2) is 0 Å². The fourth-order valence-electron chi connectivity index (χ4n) is 3.00. The Morgan fingerprint density at radius 3 is 3.08 bits per heavy atom. The van der Waals surface area contributed by atoms with Crippen LogP contribution in [0.2, 0.25) is 0 Å². The smallest absolute Gasteiger partial charge is 0.217 e. The van der Waals surface area contributed by atoms with Gasteiger partial charge in [0.05, 0.1) is 24.3 Å². The second kappa shape index (κ2) is 2.45. The summed E-state index contributed by atoms with van der Waals surface area (Å²) in [6.45, 7) is 3.73. The van der Waals surface area contributed by atoms with Crippen molar-refractivity contribution in [2.24, 2.45) is 0 Å². The first-order valence-electron chi connectivity index (χ1n) is 4.92. The first-order chi connectivity index (χ1) is 6.25. The van der Waals surface area contributed by atoms with E-state index in [4.69, 9.17) is 4.74 Å². The number of ether oxygens (including phenoxy) is 1. The van der Waals surface area contributed by atoms with Crippen molar-refractivity contribution in [3.05, 3.63) is 0 Å². The van der Waals surface area contributed by atoms with Gasteiger partial charge < -0.3 is 10.1 Å². The van der Waals surface area contributed by atoms with Crippen LogP contribution >= 0.6 is 0 Å². The maximum atomic E-state index is 11.0. The van der Waals surface area contributed by atoms with Crippen molar-refractivity contribution in [3.63, 3.8) is 0 Å². The molecule has 3 heterocycles. The highest BCUT2D eigenvalue weighted by atomic mass is 16.5. The van der Waals surface area contributed by atoms with Crippen LogP contribution in [0.1, 0.15) is 13.3 Å². The summed E-state index contributed by atoms with van der Waals surface area (Å²) in [6, 6.07) is 0.721. The van der Waals surface area contributed by atoms with Gasteiger partial charge in [-0.3, -0.25) is 9.69 Å². The third-order valence-electron chi connectivity index (χ3n) is 3.41. The lowest BCUT2D eigenvalue weighted by Gasteiger charge is -2.21. The normalized spacial score (nSPS) is 47.2. The molecule has 0 spiro atoms. The van der Waals surface area contributed by atoms with Crippen LogP contribution in [0.25, 0.3) is 0 Å². The second-order valence-corrected chi connectivity index (χ2v) is 4.21. The predicted molar refractivity (Wildman–Crippen MR) is 46.2 cm³/mol. The zero-order valence-corrected chi connectivity index (χ0v) is 7.69. The van der Waals surface area contributed by atoms with Gasteiger partial charge in [0.15, 0.2) is 0 Å². The quantitative estimate of drug-likeness (QED) is 0.585. The SMILES string of the molecule is CC(=O)NC1C2[C@H]3CCN2C[C@@H]1O3. The molecule has 0 saturated carbocycles. The molecule has 1 amide bonds. The Morgan fingerprint density at radius 2 is 2.38 bits per heavy atom. The summed E-state index contributed by atoms with van der Waals surface area (Å²) < 4.78 is 5.81. The van der Waals surface area contributed by atoms with Crippen LogP contribution in [-0.4, -0.2) is 48.2 Å². The number of nitrogens with one attached hydrogen (secondary N) is 1. The van der Waals surface area contributed by atoms with Crippen LogP contribution < -0.4 is 5.32 Å². The number of nitrogens with zero attached hydrogens (tertiary/aromatic N) is 1. The van der Waals surface area contributed by atoms with E-state index < -0.39 is 0 Å². The van der Waals surface area contributed by atoms with Crippen LogP contribution in [0.4, 0.5) is 0 Å². The standard InChI is InChI=1S/C9H14N2O2/c1-5(12)10-8-7-4-11-3-2-6(13-7)9(8)11/h6-9H,2-4H2,1H3,(H,10,12)/t6-,7+,8?,9?/m1/s1. The zero-order chi connectivity index (χ0) is 9.00. The lowest BCUT2D eigenvalue weighted by Crippen LogP contribution is -2.44. The maximum absolute atomic E-state index is 11.0. The second-order valence-electron chi connectivity index (χ2n) is 4.21. The molecule has 1 N–H and O–H groups in total. The maximum Gasteiger partial charge on any atom is 0.217 e. The van der Waals surface area contributed by atoms with Gasteiger partial charge in [0.2, 0.25) is 5.91 Å². The molecule has 0 aromatic heterocycles. The Labute approximate surface area is 77.2 Å². The molecule has 2 bridgehead atoms.